The Kier molecular flexibility index (Phi) is 6.09. The van der Waals surface area contributed by atoms with E-state index in [4.69, 9.17) is 0 Å². The number of likely N-dealkylation sites (N-methyl/N-ethyl adjacent to an activating group) is 1. The highest BCUT2D eigenvalue weighted by molar-refractivity contribution is 7.99. The first-order valence-corrected chi connectivity index (χ1v) is 7.86. The molecular formula is C17H20FNS. The van der Waals surface area contributed by atoms with Crippen LogP contribution in [0.2, 0.25) is 0 Å². The lowest BCUT2D eigenvalue weighted by atomic mass is 9.96. The summed E-state index contributed by atoms with van der Waals surface area (Å²) in [5.41, 5.74) is 1.08. The van der Waals surface area contributed by atoms with Crippen LogP contribution in [0.4, 0.5) is 4.39 Å². The van der Waals surface area contributed by atoms with Crippen molar-refractivity contribution in [2.45, 2.75) is 17.2 Å². The Morgan fingerprint density at radius 2 is 1.90 bits per heavy atom. The standard InChI is InChI=1S/C17H20FNS/c1-19-13-15(14-6-5-7-16(18)12-14)10-11-20-17-8-3-2-4-9-17/h2-9,12,15,19H,10-11,13H2,1H3. The molecule has 0 saturated carbocycles. The summed E-state index contributed by atoms with van der Waals surface area (Å²) in [5.74, 6) is 1.23. The Morgan fingerprint density at radius 1 is 1.10 bits per heavy atom. The van der Waals surface area contributed by atoms with Crippen molar-refractivity contribution in [3.05, 3.63) is 66.0 Å². The summed E-state index contributed by atoms with van der Waals surface area (Å²) in [6, 6.07) is 17.3. The highest BCUT2D eigenvalue weighted by Crippen LogP contribution is 2.25. The van der Waals surface area contributed by atoms with E-state index in [1.807, 2.05) is 30.9 Å². The van der Waals surface area contributed by atoms with Gasteiger partial charge in [-0.2, -0.15) is 0 Å². The summed E-state index contributed by atoms with van der Waals surface area (Å²) >= 11 is 1.85. The lowest BCUT2D eigenvalue weighted by Gasteiger charge is -2.17. The van der Waals surface area contributed by atoms with Gasteiger partial charge in [0, 0.05) is 11.4 Å². The first kappa shape index (κ1) is 15.1. The van der Waals surface area contributed by atoms with Crippen molar-refractivity contribution in [1.82, 2.24) is 5.32 Å². The quantitative estimate of drug-likeness (QED) is 0.762. The predicted molar refractivity (Wildman–Crippen MR) is 84.9 cm³/mol. The maximum absolute atomic E-state index is 13.3. The molecule has 1 atom stereocenters. The van der Waals surface area contributed by atoms with Crippen LogP contribution in [0.25, 0.3) is 0 Å². The molecule has 1 N–H and O–H groups in total. The smallest absolute Gasteiger partial charge is 0.123 e. The molecule has 0 aliphatic carbocycles. The minimum atomic E-state index is -0.153. The number of nitrogens with one attached hydrogen (secondary N) is 1. The molecule has 0 aromatic heterocycles. The summed E-state index contributed by atoms with van der Waals surface area (Å²) < 4.78 is 13.3. The lowest BCUT2D eigenvalue weighted by molar-refractivity contribution is 0.595. The van der Waals surface area contributed by atoms with Gasteiger partial charge in [-0.25, -0.2) is 4.39 Å². The minimum Gasteiger partial charge on any atom is -0.319 e. The van der Waals surface area contributed by atoms with Gasteiger partial charge in [0.1, 0.15) is 5.82 Å². The van der Waals surface area contributed by atoms with Gasteiger partial charge in [0.05, 0.1) is 0 Å². The number of benzene rings is 2. The van der Waals surface area contributed by atoms with Crippen molar-refractivity contribution in [3.63, 3.8) is 0 Å². The highest BCUT2D eigenvalue weighted by Gasteiger charge is 2.11. The van der Waals surface area contributed by atoms with Crippen molar-refractivity contribution in [2.24, 2.45) is 0 Å². The average molecular weight is 289 g/mol. The average Bonchev–Trinajstić information content (AvgIpc) is 2.47. The van der Waals surface area contributed by atoms with Crippen molar-refractivity contribution in [1.29, 1.82) is 0 Å². The maximum Gasteiger partial charge on any atom is 0.123 e. The van der Waals surface area contributed by atoms with Crippen molar-refractivity contribution >= 4 is 11.8 Å². The molecule has 3 heteroatoms. The second-order valence-electron chi connectivity index (χ2n) is 4.76. The molecule has 0 aliphatic rings. The van der Waals surface area contributed by atoms with Gasteiger partial charge in [-0.05, 0) is 55.0 Å². The normalized spacial score (nSPS) is 12.3. The van der Waals surface area contributed by atoms with E-state index in [1.165, 1.54) is 11.0 Å². The summed E-state index contributed by atoms with van der Waals surface area (Å²) in [6.45, 7) is 0.874. The topological polar surface area (TPSA) is 12.0 Å². The first-order valence-electron chi connectivity index (χ1n) is 6.87. The Morgan fingerprint density at radius 3 is 2.60 bits per heavy atom. The Labute approximate surface area is 124 Å². The monoisotopic (exact) mass is 289 g/mol. The summed E-state index contributed by atoms with van der Waals surface area (Å²) in [4.78, 5) is 1.29. The molecule has 2 aromatic carbocycles. The molecule has 1 unspecified atom stereocenters. The Balaban J connectivity index is 1.92. The molecule has 20 heavy (non-hydrogen) atoms. The minimum absolute atomic E-state index is 0.153. The molecule has 0 radical (unpaired) electrons. The molecule has 0 heterocycles. The van der Waals surface area contributed by atoms with Crippen molar-refractivity contribution < 1.29 is 4.39 Å². The van der Waals surface area contributed by atoms with Crippen LogP contribution in [0.3, 0.4) is 0 Å². The van der Waals surface area contributed by atoms with Gasteiger partial charge in [0.15, 0.2) is 0 Å². The van der Waals surface area contributed by atoms with Gasteiger partial charge >= 0.3 is 0 Å². The third-order valence-electron chi connectivity index (χ3n) is 3.25. The summed E-state index contributed by atoms with van der Waals surface area (Å²) in [7, 11) is 1.94. The number of thioether (sulfide) groups is 1. The molecule has 2 rings (SSSR count). The zero-order valence-electron chi connectivity index (χ0n) is 11.7. The van der Waals surface area contributed by atoms with E-state index >= 15 is 0 Å². The fraction of sp³-hybridized carbons (Fsp3) is 0.294. The van der Waals surface area contributed by atoms with Crippen LogP contribution in [-0.2, 0) is 0 Å². The number of hydrogen-bond donors (Lipinski definition) is 1. The SMILES string of the molecule is CNCC(CCSc1ccccc1)c1cccc(F)c1. The maximum atomic E-state index is 13.3. The van der Waals surface area contributed by atoms with Gasteiger partial charge in [-0.3, -0.25) is 0 Å². The van der Waals surface area contributed by atoms with Crippen LogP contribution in [0.1, 0.15) is 17.9 Å². The first-order chi connectivity index (χ1) is 9.79. The number of hydrogen-bond acceptors (Lipinski definition) is 2. The van der Waals surface area contributed by atoms with Gasteiger partial charge in [-0.15, -0.1) is 11.8 Å². The van der Waals surface area contributed by atoms with E-state index in [2.05, 4.69) is 29.6 Å². The van der Waals surface area contributed by atoms with Crippen LogP contribution < -0.4 is 5.32 Å². The van der Waals surface area contributed by atoms with Crippen molar-refractivity contribution in [2.75, 3.05) is 19.3 Å². The van der Waals surface area contributed by atoms with Crippen LogP contribution in [-0.4, -0.2) is 19.3 Å². The van der Waals surface area contributed by atoms with Crippen LogP contribution >= 0.6 is 11.8 Å². The summed E-state index contributed by atoms with van der Waals surface area (Å²) in [6.07, 6.45) is 1.03. The van der Waals surface area contributed by atoms with Gasteiger partial charge < -0.3 is 5.32 Å². The fourth-order valence-corrected chi connectivity index (χ4v) is 3.22. The van der Waals surface area contributed by atoms with Crippen molar-refractivity contribution in [3.8, 4) is 0 Å². The third kappa shape index (κ3) is 4.66. The second-order valence-corrected chi connectivity index (χ2v) is 5.93. The van der Waals surface area contributed by atoms with E-state index < -0.39 is 0 Å². The molecule has 106 valence electrons. The molecule has 0 aliphatic heterocycles. The van der Waals surface area contributed by atoms with Crippen LogP contribution in [0, 0.1) is 5.82 Å². The van der Waals surface area contributed by atoms with Gasteiger partial charge in [0.2, 0.25) is 0 Å². The zero-order valence-corrected chi connectivity index (χ0v) is 12.5. The van der Waals surface area contributed by atoms with E-state index in [1.54, 1.807) is 12.1 Å². The molecular weight excluding hydrogens is 269 g/mol. The molecule has 0 amide bonds. The van der Waals surface area contributed by atoms with Crippen LogP contribution in [0.5, 0.6) is 0 Å². The molecule has 0 spiro atoms. The zero-order chi connectivity index (χ0) is 14.2. The number of halogens is 1. The lowest BCUT2D eigenvalue weighted by Crippen LogP contribution is -2.18. The third-order valence-corrected chi connectivity index (χ3v) is 4.29. The predicted octanol–water partition coefficient (Wildman–Crippen LogP) is 4.31. The van der Waals surface area contributed by atoms with E-state index in [9.17, 15) is 4.39 Å². The highest BCUT2D eigenvalue weighted by atomic mass is 32.2. The van der Waals surface area contributed by atoms with Gasteiger partial charge in [0.25, 0.3) is 0 Å². The number of rotatable bonds is 7. The Bertz CT molecular complexity index is 515. The van der Waals surface area contributed by atoms with E-state index in [0.717, 1.165) is 24.3 Å². The largest absolute Gasteiger partial charge is 0.319 e. The molecule has 0 saturated heterocycles. The summed E-state index contributed by atoms with van der Waals surface area (Å²) in [5, 5.41) is 3.20. The van der Waals surface area contributed by atoms with Crippen LogP contribution in [0.15, 0.2) is 59.5 Å². The fourth-order valence-electron chi connectivity index (χ4n) is 2.23. The Hall–Kier alpha value is -1.32. The second kappa shape index (κ2) is 8.08. The van der Waals surface area contributed by atoms with E-state index in [0.29, 0.717) is 5.92 Å². The molecule has 2 aromatic rings. The molecule has 0 fully saturated rings. The molecule has 1 nitrogen and oxygen atoms in total. The van der Waals surface area contributed by atoms with Gasteiger partial charge in [-0.1, -0.05) is 30.3 Å². The molecule has 0 bridgehead atoms. The van der Waals surface area contributed by atoms with E-state index in [-0.39, 0.29) is 5.82 Å².